The maximum absolute atomic E-state index is 12.4. The summed E-state index contributed by atoms with van der Waals surface area (Å²) in [6.07, 6.45) is 1.90. The van der Waals surface area contributed by atoms with Gasteiger partial charge in [-0.1, -0.05) is 13.8 Å². The van der Waals surface area contributed by atoms with Crippen molar-refractivity contribution in [1.29, 1.82) is 0 Å². The lowest BCUT2D eigenvalue weighted by Crippen LogP contribution is -2.56. The second kappa shape index (κ2) is 5.78. The van der Waals surface area contributed by atoms with Gasteiger partial charge in [0.05, 0.1) is 18.8 Å². The lowest BCUT2D eigenvalue weighted by Gasteiger charge is -2.41. The van der Waals surface area contributed by atoms with E-state index >= 15 is 0 Å². The molecular formula is C13H25NO2. The summed E-state index contributed by atoms with van der Waals surface area (Å²) in [4.78, 5) is 14.7. The first-order valence-electron chi connectivity index (χ1n) is 6.41. The van der Waals surface area contributed by atoms with Crippen LogP contribution in [0.2, 0.25) is 0 Å². The van der Waals surface area contributed by atoms with Crippen LogP contribution in [0.1, 0.15) is 40.5 Å². The minimum Gasteiger partial charge on any atom is -0.379 e. The van der Waals surface area contributed by atoms with Crippen LogP contribution in [0.3, 0.4) is 0 Å². The largest absolute Gasteiger partial charge is 0.379 e. The fourth-order valence-electron chi connectivity index (χ4n) is 2.44. The van der Waals surface area contributed by atoms with E-state index in [1.807, 2.05) is 0 Å². The van der Waals surface area contributed by atoms with Crippen molar-refractivity contribution in [3.05, 3.63) is 0 Å². The van der Waals surface area contributed by atoms with Crippen LogP contribution in [0.25, 0.3) is 0 Å². The molecule has 0 N–H and O–H groups in total. The Labute approximate surface area is 99.1 Å². The van der Waals surface area contributed by atoms with Gasteiger partial charge in [0.15, 0.2) is 5.78 Å². The number of carbonyl (C=O) groups excluding carboxylic acids is 1. The molecule has 0 aliphatic carbocycles. The van der Waals surface area contributed by atoms with Crippen molar-refractivity contribution in [2.24, 2.45) is 5.92 Å². The molecule has 0 atom stereocenters. The first kappa shape index (κ1) is 13.7. The number of hydrogen-bond acceptors (Lipinski definition) is 3. The van der Waals surface area contributed by atoms with Crippen LogP contribution in [-0.2, 0) is 9.53 Å². The number of carbonyl (C=O) groups is 1. The molecule has 1 saturated heterocycles. The molecule has 0 aromatic heterocycles. The molecule has 0 saturated carbocycles. The first-order valence-corrected chi connectivity index (χ1v) is 6.41. The first-order chi connectivity index (χ1) is 7.54. The van der Waals surface area contributed by atoms with Crippen LogP contribution < -0.4 is 0 Å². The van der Waals surface area contributed by atoms with Crippen LogP contribution in [0.5, 0.6) is 0 Å². The third-order valence-corrected chi connectivity index (χ3v) is 3.76. The molecule has 1 rings (SSSR count). The van der Waals surface area contributed by atoms with Gasteiger partial charge in [0.25, 0.3) is 0 Å². The number of morpholine rings is 1. The van der Waals surface area contributed by atoms with Gasteiger partial charge in [0.2, 0.25) is 0 Å². The molecule has 1 aliphatic heterocycles. The highest BCUT2D eigenvalue weighted by Crippen LogP contribution is 2.24. The van der Waals surface area contributed by atoms with Gasteiger partial charge in [0, 0.05) is 19.0 Å². The smallest absolute Gasteiger partial charge is 0.155 e. The number of ketones is 1. The highest BCUT2D eigenvalue weighted by Gasteiger charge is 2.37. The fourth-order valence-corrected chi connectivity index (χ4v) is 2.44. The predicted octanol–water partition coefficient (Wildman–Crippen LogP) is 2.10. The van der Waals surface area contributed by atoms with E-state index in [9.17, 15) is 4.79 Å². The number of nitrogens with zero attached hydrogens (tertiary/aromatic N) is 1. The summed E-state index contributed by atoms with van der Waals surface area (Å²) < 4.78 is 5.33. The molecule has 16 heavy (non-hydrogen) atoms. The molecule has 0 radical (unpaired) electrons. The molecular weight excluding hydrogens is 202 g/mol. The standard InChI is InChI=1S/C13H25NO2/c1-5-11(6-2)12(15)13(3,4)14-7-9-16-10-8-14/h11H,5-10H2,1-4H3. The van der Waals surface area contributed by atoms with Crippen molar-refractivity contribution >= 4 is 5.78 Å². The van der Waals surface area contributed by atoms with Crippen LogP contribution >= 0.6 is 0 Å². The molecule has 0 bridgehead atoms. The van der Waals surface area contributed by atoms with E-state index < -0.39 is 0 Å². The molecule has 0 aromatic rings. The van der Waals surface area contributed by atoms with Crippen LogP contribution in [0.15, 0.2) is 0 Å². The van der Waals surface area contributed by atoms with Gasteiger partial charge in [-0.3, -0.25) is 9.69 Å². The molecule has 94 valence electrons. The Hall–Kier alpha value is -0.410. The van der Waals surface area contributed by atoms with E-state index in [0.29, 0.717) is 5.78 Å². The van der Waals surface area contributed by atoms with E-state index in [-0.39, 0.29) is 11.5 Å². The summed E-state index contributed by atoms with van der Waals surface area (Å²) in [5.41, 5.74) is -0.333. The Bertz CT molecular complexity index is 228. The second-order valence-corrected chi connectivity index (χ2v) is 5.04. The third kappa shape index (κ3) is 2.83. The Kier molecular flexibility index (Phi) is 4.93. The van der Waals surface area contributed by atoms with Crippen LogP contribution in [0.4, 0.5) is 0 Å². The molecule has 0 unspecified atom stereocenters. The zero-order valence-electron chi connectivity index (χ0n) is 11.1. The van der Waals surface area contributed by atoms with Crippen molar-refractivity contribution in [3.63, 3.8) is 0 Å². The molecule has 0 aromatic carbocycles. The lowest BCUT2D eigenvalue weighted by molar-refractivity contribution is -0.136. The average molecular weight is 227 g/mol. The summed E-state index contributed by atoms with van der Waals surface area (Å²) in [6, 6.07) is 0. The van der Waals surface area contributed by atoms with E-state index in [2.05, 4.69) is 32.6 Å². The zero-order chi connectivity index (χ0) is 12.2. The number of rotatable bonds is 5. The number of hydrogen-bond donors (Lipinski definition) is 0. The lowest BCUT2D eigenvalue weighted by atomic mass is 9.84. The van der Waals surface area contributed by atoms with Crippen molar-refractivity contribution in [2.75, 3.05) is 26.3 Å². The molecule has 1 fully saturated rings. The molecule has 0 spiro atoms. The average Bonchev–Trinajstić information content (AvgIpc) is 2.31. The van der Waals surface area contributed by atoms with Gasteiger partial charge in [0.1, 0.15) is 0 Å². The number of ether oxygens (including phenoxy) is 1. The van der Waals surface area contributed by atoms with Gasteiger partial charge in [-0.25, -0.2) is 0 Å². The van der Waals surface area contributed by atoms with E-state index in [4.69, 9.17) is 4.74 Å². The highest BCUT2D eigenvalue weighted by atomic mass is 16.5. The van der Waals surface area contributed by atoms with Crippen molar-refractivity contribution in [1.82, 2.24) is 4.90 Å². The predicted molar refractivity (Wildman–Crippen MR) is 65.6 cm³/mol. The van der Waals surface area contributed by atoms with Gasteiger partial charge in [-0.05, 0) is 26.7 Å². The summed E-state index contributed by atoms with van der Waals surface area (Å²) in [7, 11) is 0. The molecule has 1 heterocycles. The minimum atomic E-state index is -0.333. The number of Topliss-reactive ketones (excluding diaryl/α,β-unsaturated/α-hetero) is 1. The van der Waals surface area contributed by atoms with Crippen molar-refractivity contribution < 1.29 is 9.53 Å². The summed E-state index contributed by atoms with van der Waals surface area (Å²) in [5.74, 6) is 0.595. The van der Waals surface area contributed by atoms with Gasteiger partial charge in [-0.2, -0.15) is 0 Å². The third-order valence-electron chi connectivity index (χ3n) is 3.76. The maximum atomic E-state index is 12.4. The molecule has 1 aliphatic rings. The Morgan fingerprint density at radius 1 is 1.25 bits per heavy atom. The zero-order valence-corrected chi connectivity index (χ0v) is 11.1. The van der Waals surface area contributed by atoms with Crippen molar-refractivity contribution in [2.45, 2.75) is 46.1 Å². The highest BCUT2D eigenvalue weighted by molar-refractivity contribution is 5.89. The minimum absolute atomic E-state index is 0.206. The molecule has 3 heteroatoms. The Morgan fingerprint density at radius 3 is 2.19 bits per heavy atom. The van der Waals surface area contributed by atoms with Crippen molar-refractivity contribution in [3.8, 4) is 0 Å². The van der Waals surface area contributed by atoms with Crippen LogP contribution in [0, 0.1) is 5.92 Å². The van der Waals surface area contributed by atoms with Gasteiger partial charge in [-0.15, -0.1) is 0 Å². The topological polar surface area (TPSA) is 29.5 Å². The maximum Gasteiger partial charge on any atom is 0.155 e. The van der Waals surface area contributed by atoms with Gasteiger partial charge < -0.3 is 4.74 Å². The quantitative estimate of drug-likeness (QED) is 0.720. The van der Waals surface area contributed by atoms with E-state index in [1.165, 1.54) is 0 Å². The molecule has 0 amide bonds. The SMILES string of the molecule is CCC(CC)C(=O)C(C)(C)N1CCOCC1. The summed E-state index contributed by atoms with van der Waals surface area (Å²) >= 11 is 0. The van der Waals surface area contributed by atoms with E-state index in [1.54, 1.807) is 0 Å². The second-order valence-electron chi connectivity index (χ2n) is 5.04. The Balaban J connectivity index is 2.70. The monoisotopic (exact) mass is 227 g/mol. The summed E-state index contributed by atoms with van der Waals surface area (Å²) in [6.45, 7) is 11.6. The van der Waals surface area contributed by atoms with Crippen LogP contribution in [-0.4, -0.2) is 42.5 Å². The summed E-state index contributed by atoms with van der Waals surface area (Å²) in [5, 5.41) is 0. The van der Waals surface area contributed by atoms with E-state index in [0.717, 1.165) is 39.1 Å². The normalized spacial score (nSPS) is 19.1. The molecule has 3 nitrogen and oxygen atoms in total. The fraction of sp³-hybridized carbons (Fsp3) is 0.923. The Morgan fingerprint density at radius 2 is 1.75 bits per heavy atom. The van der Waals surface area contributed by atoms with Gasteiger partial charge >= 0.3 is 0 Å².